The van der Waals surface area contributed by atoms with Crippen molar-refractivity contribution in [1.29, 1.82) is 0 Å². The summed E-state index contributed by atoms with van der Waals surface area (Å²) in [5.41, 5.74) is 1.62. The van der Waals surface area contributed by atoms with E-state index in [1.807, 2.05) is 19.1 Å². The van der Waals surface area contributed by atoms with Crippen LogP contribution in [0.5, 0.6) is 0 Å². The van der Waals surface area contributed by atoms with E-state index in [9.17, 15) is 4.79 Å². The van der Waals surface area contributed by atoms with Gasteiger partial charge in [-0.1, -0.05) is 43.9 Å². The molecule has 0 spiro atoms. The smallest absolute Gasteiger partial charge is 0.252 e. The number of benzene rings is 1. The van der Waals surface area contributed by atoms with E-state index in [0.717, 1.165) is 18.7 Å². The summed E-state index contributed by atoms with van der Waals surface area (Å²) < 4.78 is 5.14. The molecule has 136 valence electrons. The monoisotopic (exact) mass is 354 g/mol. The van der Waals surface area contributed by atoms with Gasteiger partial charge < -0.3 is 15.0 Å². The fraction of sp³-hybridized carbons (Fsp3) is 0.632. The number of hydrogen-bond donors (Lipinski definition) is 1. The third-order valence-electron chi connectivity index (χ3n) is 4.07. The maximum absolute atomic E-state index is 12.3. The molecular weight excluding hydrogens is 324 g/mol. The Labute approximate surface area is 151 Å². The largest absolute Gasteiger partial charge is 0.380 e. The summed E-state index contributed by atoms with van der Waals surface area (Å²) in [5, 5.41) is 3.34. The molecule has 1 N–H and O–H groups in total. The Balaban J connectivity index is 2.60. The minimum absolute atomic E-state index is 0.0230. The van der Waals surface area contributed by atoms with Crippen LogP contribution in [0.4, 0.5) is 0 Å². The molecule has 0 aliphatic rings. The van der Waals surface area contributed by atoms with Crippen molar-refractivity contribution in [1.82, 2.24) is 10.2 Å². The van der Waals surface area contributed by atoms with Crippen LogP contribution in [-0.2, 0) is 11.3 Å². The summed E-state index contributed by atoms with van der Waals surface area (Å²) >= 11 is 6.19. The highest BCUT2D eigenvalue weighted by atomic mass is 35.5. The summed E-state index contributed by atoms with van der Waals surface area (Å²) in [4.78, 5) is 14.6. The molecule has 0 fully saturated rings. The molecule has 0 radical (unpaired) electrons. The lowest BCUT2D eigenvalue weighted by atomic mass is 10.1. The summed E-state index contributed by atoms with van der Waals surface area (Å²) in [7, 11) is 3.74. The van der Waals surface area contributed by atoms with Crippen molar-refractivity contribution in [3.8, 4) is 0 Å². The molecule has 1 amide bonds. The number of carbonyl (C=O) groups excluding carboxylic acids is 1. The first-order valence-electron chi connectivity index (χ1n) is 8.75. The Morgan fingerprint density at radius 1 is 1.33 bits per heavy atom. The van der Waals surface area contributed by atoms with Crippen molar-refractivity contribution >= 4 is 17.5 Å². The number of rotatable bonds is 11. The van der Waals surface area contributed by atoms with Crippen molar-refractivity contribution in [2.24, 2.45) is 0 Å². The van der Waals surface area contributed by atoms with Gasteiger partial charge in [-0.25, -0.2) is 0 Å². The molecule has 5 heteroatoms. The number of nitrogens with one attached hydrogen (secondary N) is 1. The van der Waals surface area contributed by atoms with Gasteiger partial charge in [0.25, 0.3) is 5.91 Å². The second-order valence-corrected chi connectivity index (χ2v) is 6.78. The van der Waals surface area contributed by atoms with Crippen LogP contribution in [0.3, 0.4) is 0 Å². The zero-order valence-corrected chi connectivity index (χ0v) is 16.2. The summed E-state index contributed by atoms with van der Waals surface area (Å²) in [5.74, 6) is -0.156. The predicted molar refractivity (Wildman–Crippen MR) is 101 cm³/mol. The third-order valence-corrected chi connectivity index (χ3v) is 4.40. The van der Waals surface area contributed by atoms with Crippen LogP contribution in [0, 0.1) is 0 Å². The fourth-order valence-corrected chi connectivity index (χ4v) is 2.66. The number of nitrogens with zero attached hydrogens (tertiary/aromatic N) is 1. The molecule has 0 aliphatic carbocycles. The Morgan fingerprint density at radius 2 is 2.08 bits per heavy atom. The number of ether oxygens (including phenoxy) is 1. The first-order chi connectivity index (χ1) is 11.5. The molecule has 1 aromatic rings. The van der Waals surface area contributed by atoms with Gasteiger partial charge in [0, 0.05) is 20.2 Å². The van der Waals surface area contributed by atoms with Crippen molar-refractivity contribution < 1.29 is 9.53 Å². The molecule has 0 aromatic heterocycles. The molecule has 1 atom stereocenters. The number of methoxy groups -OCH3 is 1. The van der Waals surface area contributed by atoms with Gasteiger partial charge in [-0.15, -0.1) is 0 Å². The van der Waals surface area contributed by atoms with Crippen LogP contribution in [0.1, 0.15) is 55.5 Å². The topological polar surface area (TPSA) is 41.6 Å². The Kier molecular flexibility index (Phi) is 9.99. The minimum Gasteiger partial charge on any atom is -0.380 e. The van der Waals surface area contributed by atoms with Gasteiger partial charge >= 0.3 is 0 Å². The van der Waals surface area contributed by atoms with Crippen molar-refractivity contribution in [3.05, 3.63) is 34.3 Å². The Hall–Kier alpha value is -1.10. The van der Waals surface area contributed by atoms with Crippen LogP contribution >= 0.6 is 11.6 Å². The lowest BCUT2D eigenvalue weighted by Gasteiger charge is -2.17. The quantitative estimate of drug-likeness (QED) is 0.608. The lowest BCUT2D eigenvalue weighted by molar-refractivity contribution is 0.0870. The minimum atomic E-state index is -0.156. The van der Waals surface area contributed by atoms with Gasteiger partial charge in [-0.3, -0.25) is 4.79 Å². The zero-order chi connectivity index (χ0) is 17.9. The SMILES string of the molecule is CCCCCCN(C)Cc1ccc(Cl)c(C(=O)NCC(C)OC)c1. The number of hydrogen-bond acceptors (Lipinski definition) is 3. The van der Waals surface area contributed by atoms with E-state index in [-0.39, 0.29) is 12.0 Å². The molecule has 24 heavy (non-hydrogen) atoms. The van der Waals surface area contributed by atoms with E-state index in [4.69, 9.17) is 16.3 Å². The molecule has 0 bridgehead atoms. The molecule has 1 aromatic carbocycles. The van der Waals surface area contributed by atoms with E-state index in [1.54, 1.807) is 13.2 Å². The van der Waals surface area contributed by atoms with Gasteiger partial charge in [-0.05, 0) is 44.6 Å². The van der Waals surface area contributed by atoms with Crippen molar-refractivity contribution in [3.63, 3.8) is 0 Å². The van der Waals surface area contributed by atoms with Crippen LogP contribution in [-0.4, -0.2) is 44.2 Å². The fourth-order valence-electron chi connectivity index (χ4n) is 2.46. The molecule has 1 rings (SSSR count). The first-order valence-corrected chi connectivity index (χ1v) is 9.13. The van der Waals surface area contributed by atoms with Gasteiger partial charge in [0.1, 0.15) is 0 Å². The molecule has 4 nitrogen and oxygen atoms in total. The average molecular weight is 355 g/mol. The first kappa shape index (κ1) is 20.9. The summed E-state index contributed by atoms with van der Waals surface area (Å²) in [6.07, 6.45) is 5.00. The van der Waals surface area contributed by atoms with Gasteiger partial charge in [0.05, 0.1) is 16.7 Å². The lowest BCUT2D eigenvalue weighted by Crippen LogP contribution is -2.31. The average Bonchev–Trinajstić information content (AvgIpc) is 2.58. The normalized spacial score (nSPS) is 12.4. The Bertz CT molecular complexity index is 508. The van der Waals surface area contributed by atoms with E-state index in [2.05, 4.69) is 24.2 Å². The number of unbranched alkanes of at least 4 members (excludes halogenated alkanes) is 3. The highest BCUT2D eigenvalue weighted by Crippen LogP contribution is 2.19. The number of halogens is 1. The molecule has 0 saturated carbocycles. The van der Waals surface area contributed by atoms with E-state index < -0.39 is 0 Å². The van der Waals surface area contributed by atoms with Crippen molar-refractivity contribution in [2.75, 3.05) is 27.2 Å². The summed E-state index contributed by atoms with van der Waals surface area (Å²) in [6, 6.07) is 5.67. The van der Waals surface area contributed by atoms with E-state index in [0.29, 0.717) is 17.1 Å². The van der Waals surface area contributed by atoms with Crippen LogP contribution in [0.25, 0.3) is 0 Å². The van der Waals surface area contributed by atoms with E-state index >= 15 is 0 Å². The number of amides is 1. The molecule has 0 aliphatic heterocycles. The maximum Gasteiger partial charge on any atom is 0.252 e. The van der Waals surface area contributed by atoms with Crippen LogP contribution in [0.15, 0.2) is 18.2 Å². The predicted octanol–water partition coefficient (Wildman–Crippen LogP) is 4.12. The van der Waals surface area contributed by atoms with E-state index in [1.165, 1.54) is 25.7 Å². The summed E-state index contributed by atoms with van der Waals surface area (Å²) in [6.45, 7) is 6.48. The zero-order valence-electron chi connectivity index (χ0n) is 15.4. The molecular formula is C19H31ClN2O2. The molecule has 1 unspecified atom stereocenters. The second-order valence-electron chi connectivity index (χ2n) is 6.37. The highest BCUT2D eigenvalue weighted by molar-refractivity contribution is 6.33. The van der Waals surface area contributed by atoms with Crippen LogP contribution in [0.2, 0.25) is 5.02 Å². The van der Waals surface area contributed by atoms with Gasteiger partial charge in [-0.2, -0.15) is 0 Å². The van der Waals surface area contributed by atoms with Gasteiger partial charge in [0.15, 0.2) is 0 Å². The second kappa shape index (κ2) is 11.5. The standard InChI is InChI=1S/C19H31ClN2O2/c1-5-6-7-8-11-22(3)14-16-9-10-18(20)17(12-16)19(23)21-13-15(2)24-4/h9-10,12,15H,5-8,11,13-14H2,1-4H3,(H,21,23). The highest BCUT2D eigenvalue weighted by Gasteiger charge is 2.13. The number of carbonyl (C=O) groups is 1. The van der Waals surface area contributed by atoms with Gasteiger partial charge in [0.2, 0.25) is 0 Å². The van der Waals surface area contributed by atoms with Crippen LogP contribution < -0.4 is 5.32 Å². The maximum atomic E-state index is 12.3. The Morgan fingerprint density at radius 3 is 2.75 bits per heavy atom. The molecule has 0 heterocycles. The van der Waals surface area contributed by atoms with Crippen molar-refractivity contribution in [2.45, 2.75) is 52.2 Å². The molecule has 0 saturated heterocycles. The third kappa shape index (κ3) is 7.65.